The van der Waals surface area contributed by atoms with Crippen molar-refractivity contribution in [1.29, 1.82) is 0 Å². The molecule has 4 nitrogen and oxygen atoms in total. The number of hydrogen-bond acceptors (Lipinski definition) is 5. The lowest BCUT2D eigenvalue weighted by Gasteiger charge is -2.28. The molecule has 2 saturated heterocycles. The molecule has 1 aromatic rings. The molecular formula is C9H12N4S. The molecule has 0 aromatic carbocycles. The Kier molecular flexibility index (Phi) is 1.80. The number of fused-ring (bicyclic) bond motifs is 2. The number of nitrogens with two attached hydrogens (primary N) is 1. The lowest BCUT2D eigenvalue weighted by atomic mass is 10.2. The maximum atomic E-state index is 5.86. The summed E-state index contributed by atoms with van der Waals surface area (Å²) in [7, 11) is 0. The van der Waals surface area contributed by atoms with Crippen molar-refractivity contribution in [3.63, 3.8) is 0 Å². The Balaban J connectivity index is 1.93. The van der Waals surface area contributed by atoms with Gasteiger partial charge in [-0.2, -0.15) is 11.8 Å². The van der Waals surface area contributed by atoms with Gasteiger partial charge in [0.15, 0.2) is 5.82 Å². The van der Waals surface area contributed by atoms with Crippen molar-refractivity contribution in [2.45, 2.75) is 17.7 Å². The van der Waals surface area contributed by atoms with Gasteiger partial charge in [-0.1, -0.05) is 0 Å². The van der Waals surface area contributed by atoms with E-state index in [9.17, 15) is 0 Å². The summed E-state index contributed by atoms with van der Waals surface area (Å²) in [6.45, 7) is 1.09. The average molecular weight is 208 g/mol. The van der Waals surface area contributed by atoms with Gasteiger partial charge in [0.25, 0.3) is 0 Å². The third kappa shape index (κ3) is 1.15. The number of nitrogen functional groups attached to an aromatic ring is 1. The molecule has 74 valence electrons. The Labute approximate surface area is 86.9 Å². The van der Waals surface area contributed by atoms with Crippen LogP contribution in [0.25, 0.3) is 0 Å². The predicted molar refractivity (Wildman–Crippen MR) is 58.4 cm³/mol. The van der Waals surface area contributed by atoms with Gasteiger partial charge in [-0.25, -0.2) is 9.97 Å². The Morgan fingerprint density at radius 1 is 1.57 bits per heavy atom. The Morgan fingerprint density at radius 2 is 2.50 bits per heavy atom. The zero-order chi connectivity index (χ0) is 9.54. The molecule has 2 atom stereocenters. The molecule has 5 heteroatoms. The Hall–Kier alpha value is -0.970. The minimum Gasteiger partial charge on any atom is -0.394 e. The van der Waals surface area contributed by atoms with Gasteiger partial charge in [0.1, 0.15) is 6.33 Å². The lowest BCUT2D eigenvalue weighted by Crippen LogP contribution is -2.35. The number of nitrogens with zero attached hydrogens (tertiary/aromatic N) is 3. The second-order valence-corrected chi connectivity index (χ2v) is 5.13. The van der Waals surface area contributed by atoms with Gasteiger partial charge in [-0.3, -0.25) is 0 Å². The minimum atomic E-state index is 0.641. The summed E-state index contributed by atoms with van der Waals surface area (Å²) in [5, 5.41) is 0.786. The number of anilines is 2. The van der Waals surface area contributed by atoms with Crippen molar-refractivity contribution in [2.24, 2.45) is 0 Å². The molecule has 14 heavy (non-hydrogen) atoms. The molecular weight excluding hydrogens is 196 g/mol. The normalized spacial score (nSPS) is 29.9. The fourth-order valence-electron chi connectivity index (χ4n) is 2.23. The van der Waals surface area contributed by atoms with Crippen molar-refractivity contribution >= 4 is 23.3 Å². The maximum Gasteiger partial charge on any atom is 0.155 e. The highest BCUT2D eigenvalue weighted by Gasteiger charge is 2.39. The molecule has 2 aliphatic heterocycles. The van der Waals surface area contributed by atoms with E-state index in [1.165, 1.54) is 12.2 Å². The van der Waals surface area contributed by atoms with Crippen molar-refractivity contribution in [3.05, 3.63) is 12.5 Å². The fourth-order valence-corrected chi connectivity index (χ4v) is 3.67. The average Bonchev–Trinajstić information content (AvgIpc) is 2.79. The summed E-state index contributed by atoms with van der Waals surface area (Å²) in [6, 6.07) is 0.641. The summed E-state index contributed by atoms with van der Waals surface area (Å²) in [5.74, 6) is 2.14. The molecule has 2 unspecified atom stereocenters. The molecule has 2 bridgehead atoms. The second-order valence-electron chi connectivity index (χ2n) is 3.80. The van der Waals surface area contributed by atoms with E-state index in [2.05, 4.69) is 26.6 Å². The van der Waals surface area contributed by atoms with Gasteiger partial charge in [-0.05, 0) is 6.42 Å². The second kappa shape index (κ2) is 3.02. The van der Waals surface area contributed by atoms with E-state index >= 15 is 0 Å². The maximum absolute atomic E-state index is 5.86. The number of aromatic nitrogens is 2. The van der Waals surface area contributed by atoms with Crippen LogP contribution in [0, 0.1) is 0 Å². The van der Waals surface area contributed by atoms with E-state index in [1.807, 2.05) is 0 Å². The van der Waals surface area contributed by atoms with Gasteiger partial charge < -0.3 is 10.6 Å². The summed E-state index contributed by atoms with van der Waals surface area (Å²) >= 11 is 2.07. The SMILES string of the molecule is Nc1cncnc1N1CC2CC1CS2. The Bertz CT molecular complexity index is 356. The van der Waals surface area contributed by atoms with Crippen LogP contribution in [0.5, 0.6) is 0 Å². The first-order chi connectivity index (χ1) is 6.84. The molecule has 2 N–H and O–H groups in total. The van der Waals surface area contributed by atoms with Gasteiger partial charge in [0.2, 0.25) is 0 Å². The Morgan fingerprint density at radius 3 is 3.14 bits per heavy atom. The molecule has 2 fully saturated rings. The summed E-state index contributed by atoms with van der Waals surface area (Å²) in [6.07, 6.45) is 4.54. The van der Waals surface area contributed by atoms with E-state index in [1.54, 1.807) is 12.5 Å². The number of hydrogen-bond donors (Lipinski definition) is 1. The van der Waals surface area contributed by atoms with Crippen LogP contribution in [-0.4, -0.2) is 33.6 Å². The van der Waals surface area contributed by atoms with Crippen LogP contribution in [0.15, 0.2) is 12.5 Å². The van der Waals surface area contributed by atoms with Crippen LogP contribution in [0.2, 0.25) is 0 Å². The van der Waals surface area contributed by atoms with Crippen LogP contribution in [0.1, 0.15) is 6.42 Å². The first kappa shape index (κ1) is 8.35. The van der Waals surface area contributed by atoms with Crippen molar-refractivity contribution < 1.29 is 0 Å². The van der Waals surface area contributed by atoms with Crippen molar-refractivity contribution in [1.82, 2.24) is 9.97 Å². The zero-order valence-electron chi connectivity index (χ0n) is 7.76. The molecule has 0 aliphatic carbocycles. The quantitative estimate of drug-likeness (QED) is 0.738. The summed E-state index contributed by atoms with van der Waals surface area (Å²) in [4.78, 5) is 10.5. The van der Waals surface area contributed by atoms with E-state index in [-0.39, 0.29) is 0 Å². The van der Waals surface area contributed by atoms with E-state index in [4.69, 9.17) is 5.73 Å². The zero-order valence-corrected chi connectivity index (χ0v) is 8.57. The fraction of sp³-hybridized carbons (Fsp3) is 0.556. The van der Waals surface area contributed by atoms with Crippen LogP contribution in [-0.2, 0) is 0 Å². The topological polar surface area (TPSA) is 55.0 Å². The standard InChI is InChI=1S/C9H12N4S/c10-8-2-11-5-12-9(8)13-3-7-1-6(13)4-14-7/h2,5-7H,1,3-4,10H2. The molecule has 2 aliphatic rings. The molecule has 0 amide bonds. The smallest absolute Gasteiger partial charge is 0.155 e. The highest BCUT2D eigenvalue weighted by atomic mass is 32.2. The first-order valence-electron chi connectivity index (χ1n) is 4.78. The predicted octanol–water partition coefficient (Wildman–Crippen LogP) is 0.753. The van der Waals surface area contributed by atoms with Crippen LogP contribution < -0.4 is 10.6 Å². The van der Waals surface area contributed by atoms with Crippen LogP contribution >= 0.6 is 11.8 Å². The van der Waals surface area contributed by atoms with Gasteiger partial charge in [-0.15, -0.1) is 0 Å². The van der Waals surface area contributed by atoms with Crippen molar-refractivity contribution in [2.75, 3.05) is 22.9 Å². The monoisotopic (exact) mass is 208 g/mol. The lowest BCUT2D eigenvalue weighted by molar-refractivity contribution is 0.752. The molecule has 3 rings (SSSR count). The third-order valence-electron chi connectivity index (χ3n) is 2.89. The minimum absolute atomic E-state index is 0.641. The summed E-state index contributed by atoms with van der Waals surface area (Å²) in [5.41, 5.74) is 6.56. The van der Waals surface area contributed by atoms with Crippen LogP contribution in [0.3, 0.4) is 0 Å². The molecule has 0 saturated carbocycles. The summed E-state index contributed by atoms with van der Waals surface area (Å²) < 4.78 is 0. The number of rotatable bonds is 1. The largest absolute Gasteiger partial charge is 0.394 e. The molecule has 0 radical (unpaired) electrons. The highest BCUT2D eigenvalue weighted by Crippen LogP contribution is 2.40. The van der Waals surface area contributed by atoms with E-state index < -0.39 is 0 Å². The van der Waals surface area contributed by atoms with E-state index in [0.717, 1.165) is 17.6 Å². The third-order valence-corrected chi connectivity index (χ3v) is 4.28. The van der Waals surface area contributed by atoms with Gasteiger partial charge in [0, 0.05) is 23.6 Å². The van der Waals surface area contributed by atoms with E-state index in [0.29, 0.717) is 11.7 Å². The molecule has 3 heterocycles. The molecule has 1 aromatic heterocycles. The molecule has 0 spiro atoms. The van der Waals surface area contributed by atoms with Crippen LogP contribution in [0.4, 0.5) is 11.5 Å². The van der Waals surface area contributed by atoms with Crippen molar-refractivity contribution in [3.8, 4) is 0 Å². The van der Waals surface area contributed by atoms with Gasteiger partial charge >= 0.3 is 0 Å². The van der Waals surface area contributed by atoms with Gasteiger partial charge in [0.05, 0.1) is 11.9 Å². The number of thioether (sulfide) groups is 1. The first-order valence-corrected chi connectivity index (χ1v) is 5.83. The highest BCUT2D eigenvalue weighted by molar-refractivity contribution is 8.00.